The highest BCUT2D eigenvalue weighted by Gasteiger charge is 2.67. The summed E-state index contributed by atoms with van der Waals surface area (Å²) in [7, 11) is 0. The number of hydrogen-bond acceptors (Lipinski definition) is 3. The minimum absolute atomic E-state index is 0.0809. The largest absolute Gasteiger partial charge is 0.321 e. The summed E-state index contributed by atoms with van der Waals surface area (Å²) in [6, 6.07) is 20.5. The molecule has 1 heterocycles. The molecule has 33 heavy (non-hydrogen) atoms. The number of imide groups is 1. The molecule has 1 N–H and O–H groups in total. The van der Waals surface area contributed by atoms with E-state index < -0.39 is 0 Å². The molecule has 2 saturated carbocycles. The van der Waals surface area contributed by atoms with Crippen LogP contribution in [0.4, 0.5) is 11.4 Å². The molecule has 2 bridgehead atoms. The summed E-state index contributed by atoms with van der Waals surface area (Å²) in [6.45, 7) is 0. The Morgan fingerprint density at radius 1 is 0.788 bits per heavy atom. The van der Waals surface area contributed by atoms with Crippen molar-refractivity contribution < 1.29 is 14.4 Å². The van der Waals surface area contributed by atoms with Crippen molar-refractivity contribution >= 4 is 39.9 Å². The molecule has 6 atom stereocenters. The van der Waals surface area contributed by atoms with Crippen LogP contribution in [0, 0.1) is 35.5 Å². The fourth-order valence-electron chi connectivity index (χ4n) is 6.50. The van der Waals surface area contributed by atoms with Crippen molar-refractivity contribution in [3.8, 4) is 0 Å². The summed E-state index contributed by atoms with van der Waals surface area (Å²) in [5, 5.41) is 5.01. The highest BCUT2D eigenvalue weighted by molar-refractivity contribution is 6.23. The topological polar surface area (TPSA) is 66.5 Å². The zero-order chi connectivity index (χ0) is 22.3. The first-order valence-electron chi connectivity index (χ1n) is 11.6. The smallest absolute Gasteiger partial charge is 0.255 e. The third kappa shape index (κ3) is 2.62. The zero-order valence-electron chi connectivity index (χ0n) is 17.8. The maximum atomic E-state index is 13.3. The Morgan fingerprint density at radius 3 is 2.12 bits per heavy atom. The molecule has 3 aromatic rings. The molecule has 5 aliphatic rings. The molecule has 8 rings (SSSR count). The monoisotopic (exact) mass is 434 g/mol. The van der Waals surface area contributed by atoms with Crippen molar-refractivity contribution in [1.82, 2.24) is 0 Å². The molecule has 1 aliphatic heterocycles. The lowest BCUT2D eigenvalue weighted by Gasteiger charge is -2.37. The Balaban J connectivity index is 1.14. The molecule has 0 radical (unpaired) electrons. The molecule has 0 aromatic heterocycles. The number of carbonyl (C=O) groups excluding carboxylic acids is 3. The van der Waals surface area contributed by atoms with Crippen LogP contribution in [0.15, 0.2) is 78.9 Å². The van der Waals surface area contributed by atoms with Crippen LogP contribution in [0.25, 0.3) is 10.8 Å². The fourth-order valence-corrected chi connectivity index (χ4v) is 6.50. The molecule has 0 spiro atoms. The van der Waals surface area contributed by atoms with Gasteiger partial charge in [-0.25, -0.2) is 0 Å². The summed E-state index contributed by atoms with van der Waals surface area (Å²) >= 11 is 0. The number of amides is 3. The zero-order valence-corrected chi connectivity index (χ0v) is 17.8. The highest BCUT2D eigenvalue weighted by Crippen LogP contribution is 2.65. The molecule has 5 heteroatoms. The Morgan fingerprint density at radius 2 is 1.42 bits per heavy atom. The molecular formula is C28H22N2O3. The average Bonchev–Trinajstić information content (AvgIpc) is 3.63. The summed E-state index contributed by atoms with van der Waals surface area (Å²) < 4.78 is 0. The van der Waals surface area contributed by atoms with E-state index in [9.17, 15) is 14.4 Å². The van der Waals surface area contributed by atoms with Gasteiger partial charge in [0.25, 0.3) is 5.91 Å². The van der Waals surface area contributed by atoms with Crippen molar-refractivity contribution in [3.05, 3.63) is 84.4 Å². The van der Waals surface area contributed by atoms with E-state index in [2.05, 4.69) is 17.5 Å². The second-order valence-electron chi connectivity index (χ2n) is 9.69. The first kappa shape index (κ1) is 18.8. The minimum atomic E-state index is -0.229. The molecular weight excluding hydrogens is 412 g/mol. The number of carbonyl (C=O) groups is 3. The number of hydrogen-bond donors (Lipinski definition) is 1. The second-order valence-corrected chi connectivity index (χ2v) is 9.69. The van der Waals surface area contributed by atoms with Crippen LogP contribution in [-0.2, 0) is 9.59 Å². The average molecular weight is 434 g/mol. The Labute approximate surface area is 191 Å². The van der Waals surface area contributed by atoms with Crippen LogP contribution in [0.3, 0.4) is 0 Å². The van der Waals surface area contributed by atoms with E-state index in [1.54, 1.807) is 24.3 Å². The number of allylic oxidation sites excluding steroid dienone is 2. The van der Waals surface area contributed by atoms with Crippen molar-refractivity contribution in [2.45, 2.75) is 6.42 Å². The van der Waals surface area contributed by atoms with E-state index in [1.165, 1.54) is 4.90 Å². The molecule has 1 saturated heterocycles. The van der Waals surface area contributed by atoms with E-state index in [0.29, 0.717) is 23.1 Å². The van der Waals surface area contributed by atoms with Crippen LogP contribution >= 0.6 is 0 Å². The number of anilines is 2. The molecule has 0 unspecified atom stereocenters. The lowest BCUT2D eigenvalue weighted by atomic mass is 9.63. The predicted molar refractivity (Wildman–Crippen MR) is 126 cm³/mol. The minimum Gasteiger partial charge on any atom is -0.321 e. The van der Waals surface area contributed by atoms with Crippen LogP contribution in [0.2, 0.25) is 0 Å². The third-order valence-electron chi connectivity index (χ3n) is 8.09. The van der Waals surface area contributed by atoms with Crippen LogP contribution in [0.1, 0.15) is 16.8 Å². The van der Waals surface area contributed by atoms with Crippen molar-refractivity contribution in [2.24, 2.45) is 35.5 Å². The van der Waals surface area contributed by atoms with Gasteiger partial charge in [-0.1, -0.05) is 48.6 Å². The summed E-state index contributed by atoms with van der Waals surface area (Å²) in [5.74, 6) is 0.750. The van der Waals surface area contributed by atoms with Gasteiger partial charge >= 0.3 is 0 Å². The SMILES string of the molecule is O=C(Nc1cccc2ccccc12)c1ccc(N2C(=O)[C@@H]3[C@H]4C=C[C@@H]([C@@H]5C[C@@H]45)[C@@H]3C2=O)cc1. The summed E-state index contributed by atoms with van der Waals surface area (Å²) in [4.78, 5) is 40.8. The fraction of sp³-hybridized carbons (Fsp3) is 0.250. The normalized spacial score (nSPS) is 31.0. The lowest BCUT2D eigenvalue weighted by molar-refractivity contribution is -0.124. The van der Waals surface area contributed by atoms with Gasteiger partial charge in [-0.2, -0.15) is 0 Å². The van der Waals surface area contributed by atoms with E-state index in [4.69, 9.17) is 0 Å². The molecule has 3 aromatic carbocycles. The maximum Gasteiger partial charge on any atom is 0.255 e. The highest BCUT2D eigenvalue weighted by atomic mass is 16.2. The Bertz CT molecular complexity index is 1330. The van der Waals surface area contributed by atoms with Gasteiger partial charge in [-0.05, 0) is 65.8 Å². The Kier molecular flexibility index (Phi) is 3.78. The van der Waals surface area contributed by atoms with Crippen LogP contribution in [-0.4, -0.2) is 17.7 Å². The van der Waals surface area contributed by atoms with Crippen molar-refractivity contribution in [2.75, 3.05) is 10.2 Å². The first-order valence-corrected chi connectivity index (χ1v) is 11.6. The van der Waals surface area contributed by atoms with Crippen molar-refractivity contribution in [1.29, 1.82) is 0 Å². The number of benzene rings is 3. The van der Waals surface area contributed by atoms with Gasteiger partial charge in [-0.15, -0.1) is 0 Å². The van der Waals surface area contributed by atoms with E-state index in [-0.39, 0.29) is 41.4 Å². The molecule has 162 valence electrons. The Hall–Kier alpha value is -3.73. The predicted octanol–water partition coefficient (Wildman–Crippen LogP) is 4.65. The van der Waals surface area contributed by atoms with Gasteiger partial charge in [0.05, 0.1) is 17.5 Å². The third-order valence-corrected chi connectivity index (χ3v) is 8.09. The van der Waals surface area contributed by atoms with Gasteiger partial charge in [0.2, 0.25) is 11.8 Å². The maximum absolute atomic E-state index is 13.3. The standard InChI is InChI=1S/C28H22N2O3/c31-26(29-23-7-3-5-15-4-1-2-6-18(15)23)16-8-10-17(11-9-16)30-27(32)24-19-12-13-20(22-14-21(19)22)25(24)28(30)33/h1-13,19-22,24-25H,14H2,(H,29,31)/t19-,20-,21-,22-,24-,25+/m0/s1. The quantitative estimate of drug-likeness (QED) is 0.482. The number of fused-ring (bicyclic) bond motifs is 1. The first-order chi connectivity index (χ1) is 16.1. The van der Waals surface area contributed by atoms with E-state index in [1.807, 2.05) is 42.5 Å². The molecule has 3 fully saturated rings. The van der Waals surface area contributed by atoms with Gasteiger partial charge in [0, 0.05) is 16.6 Å². The lowest BCUT2D eigenvalue weighted by Crippen LogP contribution is -2.40. The number of nitrogens with one attached hydrogen (secondary N) is 1. The van der Waals surface area contributed by atoms with Crippen LogP contribution in [0.5, 0.6) is 0 Å². The summed E-state index contributed by atoms with van der Waals surface area (Å²) in [6.07, 6.45) is 5.50. The van der Waals surface area contributed by atoms with Crippen molar-refractivity contribution in [3.63, 3.8) is 0 Å². The van der Waals surface area contributed by atoms with E-state index in [0.717, 1.165) is 22.9 Å². The van der Waals surface area contributed by atoms with Crippen LogP contribution < -0.4 is 10.2 Å². The van der Waals surface area contributed by atoms with Gasteiger partial charge in [-0.3, -0.25) is 19.3 Å². The summed E-state index contributed by atoms with van der Waals surface area (Å²) in [5.41, 5.74) is 1.78. The second kappa shape index (κ2) is 6.64. The van der Waals surface area contributed by atoms with Gasteiger partial charge in [0.15, 0.2) is 0 Å². The van der Waals surface area contributed by atoms with Gasteiger partial charge < -0.3 is 5.32 Å². The molecule has 4 aliphatic carbocycles. The van der Waals surface area contributed by atoms with E-state index >= 15 is 0 Å². The number of rotatable bonds is 3. The van der Waals surface area contributed by atoms with Gasteiger partial charge in [0.1, 0.15) is 0 Å². The molecule has 3 amide bonds. The molecule has 5 nitrogen and oxygen atoms in total. The number of nitrogens with zero attached hydrogens (tertiary/aromatic N) is 1.